The summed E-state index contributed by atoms with van der Waals surface area (Å²) in [6.07, 6.45) is 1.32. The maximum atomic E-state index is 13.4. The summed E-state index contributed by atoms with van der Waals surface area (Å²) in [7, 11) is 1.19. The summed E-state index contributed by atoms with van der Waals surface area (Å²) in [6, 6.07) is 15.7. The Hall–Kier alpha value is -4.17. The molecule has 33 heavy (non-hydrogen) atoms. The molecule has 0 unspecified atom stereocenters. The highest BCUT2D eigenvalue weighted by Gasteiger charge is 2.24. The van der Waals surface area contributed by atoms with Crippen molar-refractivity contribution in [2.75, 3.05) is 7.11 Å². The van der Waals surface area contributed by atoms with Crippen LogP contribution in [0.1, 0.15) is 26.4 Å². The van der Waals surface area contributed by atoms with Crippen LogP contribution in [0.4, 0.5) is 0 Å². The Balaban J connectivity index is 2.03. The lowest BCUT2D eigenvalue weighted by Crippen LogP contribution is -2.29. The van der Waals surface area contributed by atoms with Crippen LogP contribution in [-0.4, -0.2) is 33.3 Å². The fourth-order valence-corrected chi connectivity index (χ4v) is 3.84. The highest BCUT2D eigenvalue weighted by atomic mass is 35.5. The minimum Gasteiger partial charge on any atom is -0.477 e. The van der Waals surface area contributed by atoms with Gasteiger partial charge in [-0.15, -0.1) is 0 Å². The van der Waals surface area contributed by atoms with Gasteiger partial charge in [0.2, 0.25) is 0 Å². The van der Waals surface area contributed by atoms with Crippen molar-refractivity contribution < 1.29 is 19.4 Å². The Bertz CT molecular complexity index is 1520. The van der Waals surface area contributed by atoms with E-state index in [4.69, 9.17) is 11.6 Å². The average Bonchev–Trinajstić information content (AvgIpc) is 2.81. The van der Waals surface area contributed by atoms with E-state index in [1.165, 1.54) is 36.1 Å². The number of hydrogen-bond acceptors (Lipinski definition) is 5. The second-order valence-corrected chi connectivity index (χ2v) is 7.60. The Kier molecular flexibility index (Phi) is 5.85. The number of ether oxygens (including phenoxy) is 1. The van der Waals surface area contributed by atoms with Crippen molar-refractivity contribution in [3.05, 3.63) is 109 Å². The summed E-state index contributed by atoms with van der Waals surface area (Å²) >= 11 is 6.16. The molecule has 166 valence electrons. The van der Waals surface area contributed by atoms with Crippen molar-refractivity contribution in [3.8, 4) is 5.69 Å². The first kappa shape index (κ1) is 22.0. The third-order valence-corrected chi connectivity index (χ3v) is 5.43. The lowest BCUT2D eigenvalue weighted by molar-refractivity contribution is 0.0599. The van der Waals surface area contributed by atoms with Gasteiger partial charge in [0.1, 0.15) is 5.69 Å². The van der Waals surface area contributed by atoms with Crippen molar-refractivity contribution in [3.63, 3.8) is 0 Å². The first-order valence-electron chi connectivity index (χ1n) is 9.76. The number of pyridine rings is 2. The molecule has 9 heteroatoms. The van der Waals surface area contributed by atoms with Crippen molar-refractivity contribution in [1.29, 1.82) is 0 Å². The number of carbonyl (C=O) groups is 2. The summed E-state index contributed by atoms with van der Waals surface area (Å²) in [5.41, 5.74) is -0.609. The van der Waals surface area contributed by atoms with E-state index in [1.54, 1.807) is 36.4 Å². The molecule has 0 radical (unpaired) electrons. The third-order valence-electron chi connectivity index (χ3n) is 5.19. The van der Waals surface area contributed by atoms with Gasteiger partial charge in [0.25, 0.3) is 5.56 Å². The number of aromatic carboxylic acids is 1. The standard InChI is InChI=1S/C24H17ClN2O6/c1-33-24(32)14-9-10-26(20(28)11-14)13-18-21(23(30)31)27(16-5-3-2-4-6-16)19-12-15(25)7-8-17(19)22(18)29/h2-12H,13H2,1H3,(H,30,31). The maximum absolute atomic E-state index is 13.4. The molecule has 0 aliphatic carbocycles. The quantitative estimate of drug-likeness (QED) is 0.454. The molecule has 0 aliphatic rings. The maximum Gasteiger partial charge on any atom is 0.353 e. The largest absolute Gasteiger partial charge is 0.477 e. The summed E-state index contributed by atoms with van der Waals surface area (Å²) < 4.78 is 7.21. The molecule has 8 nitrogen and oxygen atoms in total. The molecular formula is C24H17ClN2O6. The Morgan fingerprint density at radius 1 is 1.03 bits per heavy atom. The van der Waals surface area contributed by atoms with Crippen LogP contribution in [0.5, 0.6) is 0 Å². The number of aromatic nitrogens is 2. The first-order valence-corrected chi connectivity index (χ1v) is 10.1. The molecule has 2 heterocycles. The van der Waals surface area contributed by atoms with Gasteiger partial charge in [0.05, 0.1) is 30.3 Å². The molecule has 0 fully saturated rings. The summed E-state index contributed by atoms with van der Waals surface area (Å²) in [5.74, 6) is -2.02. The van der Waals surface area contributed by atoms with E-state index in [0.717, 1.165) is 10.6 Å². The summed E-state index contributed by atoms with van der Waals surface area (Å²) in [6.45, 7) is -0.313. The van der Waals surface area contributed by atoms with Crippen molar-refractivity contribution in [2.45, 2.75) is 6.54 Å². The average molecular weight is 465 g/mol. The minimum atomic E-state index is -1.34. The topological polar surface area (TPSA) is 108 Å². The number of carboxylic acid groups (broad SMARTS) is 1. The zero-order valence-electron chi connectivity index (χ0n) is 17.3. The SMILES string of the molecule is COC(=O)c1ccn(Cc2c(C(=O)O)n(-c3ccccc3)c3cc(Cl)ccc3c2=O)c(=O)c1. The van der Waals surface area contributed by atoms with Crippen LogP contribution in [0.15, 0.2) is 76.4 Å². The first-order chi connectivity index (χ1) is 15.8. The molecule has 2 aromatic carbocycles. The number of nitrogens with zero attached hydrogens (tertiary/aromatic N) is 2. The number of methoxy groups -OCH3 is 1. The molecule has 0 saturated heterocycles. The van der Waals surface area contributed by atoms with E-state index in [9.17, 15) is 24.3 Å². The zero-order chi connectivity index (χ0) is 23.7. The van der Waals surface area contributed by atoms with Gasteiger partial charge in [0, 0.05) is 28.4 Å². The van der Waals surface area contributed by atoms with Gasteiger partial charge in [-0.25, -0.2) is 9.59 Å². The van der Waals surface area contributed by atoms with Gasteiger partial charge < -0.3 is 19.0 Å². The van der Waals surface area contributed by atoms with Crippen molar-refractivity contribution >= 4 is 34.4 Å². The normalized spacial score (nSPS) is 10.8. The number of benzene rings is 2. The van der Waals surface area contributed by atoms with Gasteiger partial charge in [-0.1, -0.05) is 29.8 Å². The predicted octanol–water partition coefficient (Wildman–Crippen LogP) is 3.34. The fourth-order valence-electron chi connectivity index (χ4n) is 3.68. The van der Waals surface area contributed by atoms with Gasteiger partial charge in [-0.3, -0.25) is 9.59 Å². The van der Waals surface area contributed by atoms with E-state index in [1.807, 2.05) is 0 Å². The number of fused-ring (bicyclic) bond motifs is 1. The fraction of sp³-hybridized carbons (Fsp3) is 0.0833. The van der Waals surface area contributed by atoms with E-state index >= 15 is 0 Å². The van der Waals surface area contributed by atoms with Gasteiger partial charge in [-0.2, -0.15) is 0 Å². The number of carboxylic acids is 1. The second-order valence-electron chi connectivity index (χ2n) is 7.17. The number of hydrogen-bond donors (Lipinski definition) is 1. The van der Waals surface area contributed by atoms with E-state index in [2.05, 4.69) is 4.74 Å². The van der Waals surface area contributed by atoms with Crippen LogP contribution < -0.4 is 11.0 Å². The van der Waals surface area contributed by atoms with Gasteiger partial charge >= 0.3 is 11.9 Å². The third kappa shape index (κ3) is 4.04. The lowest BCUT2D eigenvalue weighted by atomic mass is 10.1. The molecule has 4 rings (SSSR count). The van der Waals surface area contributed by atoms with E-state index in [-0.39, 0.29) is 28.8 Å². The Labute approximate surface area is 191 Å². The van der Waals surface area contributed by atoms with Crippen LogP contribution >= 0.6 is 11.6 Å². The summed E-state index contributed by atoms with van der Waals surface area (Å²) in [5, 5.41) is 10.7. The predicted molar refractivity (Wildman–Crippen MR) is 123 cm³/mol. The Morgan fingerprint density at radius 2 is 1.76 bits per heavy atom. The zero-order valence-corrected chi connectivity index (χ0v) is 18.1. The number of esters is 1. The molecule has 1 N–H and O–H groups in total. The van der Waals surface area contributed by atoms with E-state index < -0.39 is 22.9 Å². The van der Waals surface area contributed by atoms with E-state index in [0.29, 0.717) is 16.2 Å². The highest BCUT2D eigenvalue weighted by molar-refractivity contribution is 6.31. The molecule has 0 bridgehead atoms. The molecule has 0 spiro atoms. The molecule has 0 aliphatic heterocycles. The Morgan fingerprint density at radius 3 is 2.39 bits per heavy atom. The highest BCUT2D eigenvalue weighted by Crippen LogP contribution is 2.25. The number of halogens is 1. The van der Waals surface area contributed by atoms with Crippen LogP contribution in [0.2, 0.25) is 5.02 Å². The van der Waals surface area contributed by atoms with Gasteiger partial charge in [0.15, 0.2) is 5.43 Å². The number of carbonyl (C=O) groups excluding carboxylic acids is 1. The summed E-state index contributed by atoms with van der Waals surface area (Å²) in [4.78, 5) is 50.1. The molecule has 0 atom stereocenters. The number of para-hydroxylation sites is 1. The van der Waals surface area contributed by atoms with Crippen LogP contribution in [0.25, 0.3) is 16.6 Å². The smallest absolute Gasteiger partial charge is 0.353 e. The van der Waals surface area contributed by atoms with Crippen LogP contribution in [0, 0.1) is 0 Å². The monoisotopic (exact) mass is 464 g/mol. The number of rotatable bonds is 5. The molecular weight excluding hydrogens is 448 g/mol. The van der Waals surface area contributed by atoms with Crippen molar-refractivity contribution in [2.24, 2.45) is 0 Å². The molecule has 4 aromatic rings. The molecule has 0 amide bonds. The molecule has 2 aromatic heterocycles. The van der Waals surface area contributed by atoms with Crippen LogP contribution in [-0.2, 0) is 11.3 Å². The lowest BCUT2D eigenvalue weighted by Gasteiger charge is -2.19. The minimum absolute atomic E-state index is 0.0482. The molecule has 0 saturated carbocycles. The van der Waals surface area contributed by atoms with Gasteiger partial charge in [-0.05, 0) is 36.4 Å². The second kappa shape index (κ2) is 8.76. The van der Waals surface area contributed by atoms with Crippen molar-refractivity contribution in [1.82, 2.24) is 9.13 Å². The van der Waals surface area contributed by atoms with Crippen LogP contribution in [0.3, 0.4) is 0 Å².